The molecule has 0 amide bonds. The van der Waals surface area contributed by atoms with Gasteiger partial charge in [0.1, 0.15) is 5.75 Å². The fourth-order valence-corrected chi connectivity index (χ4v) is 2.24. The molecule has 0 saturated carbocycles. The number of carbonyl (C=O) groups is 2. The van der Waals surface area contributed by atoms with Crippen molar-refractivity contribution in [2.75, 3.05) is 6.61 Å². The maximum absolute atomic E-state index is 11.8. The quantitative estimate of drug-likeness (QED) is 0.477. The third kappa shape index (κ3) is 4.57. The second-order valence-corrected chi connectivity index (χ2v) is 5.52. The van der Waals surface area contributed by atoms with Crippen LogP contribution in [0.2, 0.25) is 0 Å². The summed E-state index contributed by atoms with van der Waals surface area (Å²) in [4.78, 5) is 27.2. The predicted molar refractivity (Wildman–Crippen MR) is 93.7 cm³/mol. The first-order valence-electron chi connectivity index (χ1n) is 8.01. The highest BCUT2D eigenvalue weighted by atomic mass is 16.6. The minimum atomic E-state index is -0.558. The van der Waals surface area contributed by atoms with Crippen molar-refractivity contribution < 1.29 is 23.5 Å². The number of hydrogen-bond donors (Lipinski definition) is 0. The van der Waals surface area contributed by atoms with Gasteiger partial charge in [0.05, 0.1) is 6.20 Å². The highest BCUT2D eigenvalue weighted by Gasteiger charge is 2.10. The van der Waals surface area contributed by atoms with Crippen LogP contribution in [-0.4, -0.2) is 23.3 Å². The van der Waals surface area contributed by atoms with Crippen LogP contribution in [0.5, 0.6) is 5.75 Å². The predicted octanol–water partition coefficient (Wildman–Crippen LogP) is 3.67. The van der Waals surface area contributed by atoms with Gasteiger partial charge >= 0.3 is 5.97 Å². The molecular weight excluding hydrogens is 334 g/mol. The van der Waals surface area contributed by atoms with E-state index in [4.69, 9.17) is 13.9 Å². The number of carbonyl (C=O) groups excluding carboxylic acids is 2. The summed E-state index contributed by atoms with van der Waals surface area (Å²) in [5, 5.41) is 0. The number of hydrogen-bond acceptors (Lipinski definition) is 6. The first-order valence-corrected chi connectivity index (χ1v) is 8.01. The second kappa shape index (κ2) is 8.11. The molecule has 0 atom stereocenters. The maximum Gasteiger partial charge on any atom is 0.344 e. The topological polar surface area (TPSA) is 78.6 Å². The van der Waals surface area contributed by atoms with E-state index in [1.807, 2.05) is 30.3 Å². The molecule has 1 aromatic heterocycles. The summed E-state index contributed by atoms with van der Waals surface area (Å²) in [6, 6.07) is 16.1. The molecule has 0 N–H and O–H groups in total. The Morgan fingerprint density at radius 2 is 1.88 bits per heavy atom. The van der Waals surface area contributed by atoms with Crippen LogP contribution in [0.15, 0.2) is 65.2 Å². The largest absolute Gasteiger partial charge is 0.482 e. The van der Waals surface area contributed by atoms with E-state index >= 15 is 0 Å². The molecular formula is C20H17NO5. The zero-order valence-corrected chi connectivity index (χ0v) is 14.2. The lowest BCUT2D eigenvalue weighted by Crippen LogP contribution is -2.15. The molecule has 0 aliphatic rings. The van der Waals surface area contributed by atoms with Gasteiger partial charge in [0.15, 0.2) is 24.8 Å². The van der Waals surface area contributed by atoms with Crippen molar-refractivity contribution in [2.24, 2.45) is 0 Å². The highest BCUT2D eigenvalue weighted by Crippen LogP contribution is 2.20. The normalized spacial score (nSPS) is 10.3. The first kappa shape index (κ1) is 17.4. The van der Waals surface area contributed by atoms with E-state index < -0.39 is 5.97 Å². The van der Waals surface area contributed by atoms with Gasteiger partial charge in [0.2, 0.25) is 5.89 Å². The lowest BCUT2D eigenvalue weighted by molar-refractivity contribution is -0.148. The van der Waals surface area contributed by atoms with Gasteiger partial charge in [-0.3, -0.25) is 4.79 Å². The molecule has 0 aliphatic heterocycles. The van der Waals surface area contributed by atoms with Crippen molar-refractivity contribution in [3.63, 3.8) is 0 Å². The molecule has 0 saturated heterocycles. The first-order chi connectivity index (χ1) is 12.6. The van der Waals surface area contributed by atoms with Gasteiger partial charge in [0, 0.05) is 11.1 Å². The molecule has 132 valence electrons. The standard InChI is InChI=1S/C20H17NO5/c1-14(22)16-8-5-9-17(10-16)24-13-20(23)25-12-19-21-11-18(26-19)15-6-3-2-4-7-15/h2-11H,12-13H2,1H3. The summed E-state index contributed by atoms with van der Waals surface area (Å²) in [5.41, 5.74) is 1.41. The van der Waals surface area contributed by atoms with Crippen molar-refractivity contribution in [1.82, 2.24) is 4.98 Å². The Morgan fingerprint density at radius 1 is 1.08 bits per heavy atom. The van der Waals surface area contributed by atoms with Gasteiger partial charge in [-0.2, -0.15) is 0 Å². The van der Waals surface area contributed by atoms with E-state index in [0.717, 1.165) is 5.56 Å². The molecule has 3 rings (SSSR count). The SMILES string of the molecule is CC(=O)c1cccc(OCC(=O)OCc2ncc(-c3ccccc3)o2)c1. The number of nitrogens with zero attached hydrogens (tertiary/aromatic N) is 1. The van der Waals surface area contributed by atoms with Crippen molar-refractivity contribution in [3.05, 3.63) is 72.2 Å². The lowest BCUT2D eigenvalue weighted by Gasteiger charge is -2.06. The van der Waals surface area contributed by atoms with Crippen LogP contribution in [0.4, 0.5) is 0 Å². The molecule has 0 unspecified atom stereocenters. The van der Waals surface area contributed by atoms with Gasteiger partial charge < -0.3 is 13.9 Å². The number of Topliss-reactive ketones (excluding diaryl/α,β-unsaturated/α-hetero) is 1. The van der Waals surface area contributed by atoms with Crippen LogP contribution < -0.4 is 4.74 Å². The number of ether oxygens (including phenoxy) is 2. The van der Waals surface area contributed by atoms with Gasteiger partial charge in [-0.25, -0.2) is 9.78 Å². The molecule has 0 radical (unpaired) electrons. The molecule has 2 aromatic carbocycles. The van der Waals surface area contributed by atoms with Gasteiger partial charge in [-0.05, 0) is 19.1 Å². The number of aromatic nitrogens is 1. The van der Waals surface area contributed by atoms with Crippen molar-refractivity contribution in [3.8, 4) is 17.1 Å². The van der Waals surface area contributed by atoms with Crippen LogP contribution in [0, 0.1) is 0 Å². The molecule has 6 heteroatoms. The van der Waals surface area contributed by atoms with Gasteiger partial charge in [-0.1, -0.05) is 42.5 Å². The van der Waals surface area contributed by atoms with Gasteiger partial charge in [0.25, 0.3) is 0 Å². The molecule has 0 spiro atoms. The fraction of sp³-hybridized carbons (Fsp3) is 0.150. The van der Waals surface area contributed by atoms with Crippen molar-refractivity contribution in [2.45, 2.75) is 13.5 Å². The van der Waals surface area contributed by atoms with E-state index in [1.165, 1.54) is 6.92 Å². The Labute approximate surface area is 150 Å². The fourth-order valence-electron chi connectivity index (χ4n) is 2.24. The summed E-state index contributed by atoms with van der Waals surface area (Å²) in [7, 11) is 0. The Bertz CT molecular complexity index is 901. The number of rotatable bonds is 7. The highest BCUT2D eigenvalue weighted by molar-refractivity contribution is 5.94. The Kier molecular flexibility index (Phi) is 5.43. The molecule has 0 aliphatic carbocycles. The van der Waals surface area contributed by atoms with E-state index in [9.17, 15) is 9.59 Å². The number of ketones is 1. The van der Waals surface area contributed by atoms with Crippen molar-refractivity contribution in [1.29, 1.82) is 0 Å². The second-order valence-electron chi connectivity index (χ2n) is 5.52. The lowest BCUT2D eigenvalue weighted by atomic mass is 10.1. The number of esters is 1. The smallest absolute Gasteiger partial charge is 0.344 e. The Balaban J connectivity index is 1.49. The summed E-state index contributed by atoms with van der Waals surface area (Å²) in [6.07, 6.45) is 1.59. The molecule has 3 aromatic rings. The summed E-state index contributed by atoms with van der Waals surface area (Å²) in [6.45, 7) is 1.11. The average molecular weight is 351 g/mol. The van der Waals surface area contributed by atoms with Crippen molar-refractivity contribution >= 4 is 11.8 Å². The molecule has 6 nitrogen and oxygen atoms in total. The minimum absolute atomic E-state index is 0.0730. The van der Waals surface area contributed by atoms with E-state index in [1.54, 1.807) is 30.5 Å². The summed E-state index contributed by atoms with van der Waals surface area (Å²) >= 11 is 0. The van der Waals surface area contributed by atoms with E-state index in [2.05, 4.69) is 4.98 Å². The number of oxazole rings is 1. The third-order valence-corrected chi connectivity index (χ3v) is 3.57. The van der Waals surface area contributed by atoms with Gasteiger partial charge in [-0.15, -0.1) is 0 Å². The Hall–Kier alpha value is -3.41. The molecule has 0 bridgehead atoms. The van der Waals surface area contributed by atoms with E-state index in [-0.39, 0.29) is 19.0 Å². The van der Waals surface area contributed by atoms with Crippen LogP contribution in [0.1, 0.15) is 23.2 Å². The number of benzene rings is 2. The third-order valence-electron chi connectivity index (χ3n) is 3.57. The zero-order valence-electron chi connectivity index (χ0n) is 14.2. The van der Waals surface area contributed by atoms with Crippen LogP contribution in [-0.2, 0) is 16.1 Å². The van der Waals surface area contributed by atoms with Crippen LogP contribution in [0.25, 0.3) is 11.3 Å². The average Bonchev–Trinajstić information content (AvgIpc) is 3.15. The molecule has 0 fully saturated rings. The van der Waals surface area contributed by atoms with Crippen LogP contribution >= 0.6 is 0 Å². The zero-order chi connectivity index (χ0) is 18.4. The summed E-state index contributed by atoms with van der Waals surface area (Å²) in [5.74, 6) is 0.704. The monoisotopic (exact) mass is 351 g/mol. The van der Waals surface area contributed by atoms with E-state index in [0.29, 0.717) is 23.0 Å². The minimum Gasteiger partial charge on any atom is -0.482 e. The molecule has 1 heterocycles. The Morgan fingerprint density at radius 3 is 2.65 bits per heavy atom. The molecule has 26 heavy (non-hydrogen) atoms. The summed E-state index contributed by atoms with van der Waals surface area (Å²) < 4.78 is 16.0. The van der Waals surface area contributed by atoms with Crippen LogP contribution in [0.3, 0.4) is 0 Å². The maximum atomic E-state index is 11.8.